The summed E-state index contributed by atoms with van der Waals surface area (Å²) in [4.78, 5) is 33.7. The Morgan fingerprint density at radius 2 is 2.05 bits per heavy atom. The highest BCUT2D eigenvalue weighted by atomic mass is 32.1. The molecule has 1 aliphatic heterocycles. The summed E-state index contributed by atoms with van der Waals surface area (Å²) in [5.41, 5.74) is 1.90. The Balaban J connectivity index is 1.50. The predicted molar refractivity (Wildman–Crippen MR) is 164 cm³/mol. The van der Waals surface area contributed by atoms with Crippen molar-refractivity contribution in [2.75, 3.05) is 31.3 Å². The molecular formula is C32H35N5O2S. The summed E-state index contributed by atoms with van der Waals surface area (Å²) in [7, 11) is 0. The van der Waals surface area contributed by atoms with Crippen LogP contribution in [0.4, 0.5) is 5.69 Å². The molecule has 0 unspecified atom stereocenters. The van der Waals surface area contributed by atoms with Gasteiger partial charge < -0.3 is 20.5 Å². The van der Waals surface area contributed by atoms with Crippen molar-refractivity contribution in [3.8, 4) is 21.8 Å². The summed E-state index contributed by atoms with van der Waals surface area (Å²) in [6, 6.07) is 2.51. The van der Waals surface area contributed by atoms with Crippen LogP contribution in [-0.4, -0.2) is 52.7 Å². The Hall–Kier alpha value is -4.01. The first-order chi connectivity index (χ1) is 26.3. The van der Waals surface area contributed by atoms with Gasteiger partial charge in [0.2, 0.25) is 0 Å². The van der Waals surface area contributed by atoms with E-state index in [9.17, 15) is 9.59 Å². The Bertz CT molecular complexity index is 2320. The zero-order valence-electron chi connectivity index (χ0n) is 39.5. The molecule has 0 spiro atoms. The van der Waals surface area contributed by atoms with E-state index in [-0.39, 0.29) is 38.7 Å². The molecule has 0 radical (unpaired) electrons. The second kappa shape index (κ2) is 12.0. The third-order valence-corrected chi connectivity index (χ3v) is 6.85. The summed E-state index contributed by atoms with van der Waals surface area (Å²) in [5, 5.41) is 6.29. The van der Waals surface area contributed by atoms with Crippen molar-refractivity contribution < 1.29 is 34.3 Å². The molecule has 3 N–H and O–H groups in total. The number of amides is 2. The molecule has 2 amide bonds. The summed E-state index contributed by atoms with van der Waals surface area (Å²) in [6.07, 6.45) is -1.75. The number of nitrogens with one attached hydrogen (secondary N) is 3. The normalized spacial score (nSPS) is 22.3. The van der Waals surface area contributed by atoms with Crippen molar-refractivity contribution in [1.29, 1.82) is 0 Å². The molecule has 0 saturated carbocycles. The lowest BCUT2D eigenvalue weighted by molar-refractivity contribution is -0.110. The zero-order valence-corrected chi connectivity index (χ0v) is 22.3. The molecule has 2 aromatic carbocycles. The number of carbonyl (C=O) groups excluding carboxylic acids is 2. The van der Waals surface area contributed by atoms with Crippen molar-refractivity contribution in [3.05, 3.63) is 81.9 Å². The van der Waals surface area contributed by atoms with Gasteiger partial charge in [-0.15, -0.1) is 11.3 Å². The van der Waals surface area contributed by atoms with E-state index in [1.54, 1.807) is 28.9 Å². The van der Waals surface area contributed by atoms with E-state index in [1.807, 2.05) is 0 Å². The van der Waals surface area contributed by atoms with Crippen molar-refractivity contribution >= 4 is 40.5 Å². The molecule has 3 heterocycles. The van der Waals surface area contributed by atoms with Crippen LogP contribution in [-0.2, 0) is 4.79 Å². The van der Waals surface area contributed by atoms with E-state index < -0.39 is 86.1 Å². The molecule has 8 heteroatoms. The molecule has 7 nitrogen and oxygen atoms in total. The lowest BCUT2D eigenvalue weighted by Gasteiger charge is -2.19. The van der Waals surface area contributed by atoms with Crippen LogP contribution < -0.4 is 10.6 Å². The fraction of sp³-hybridized carbons (Fsp3) is 0.281. The molecule has 0 aliphatic carbocycles. The number of rotatable bonds is 10. The Morgan fingerprint density at radius 1 is 1.23 bits per heavy atom. The minimum atomic E-state index is -4.05. The van der Waals surface area contributed by atoms with Gasteiger partial charge in [-0.2, -0.15) is 0 Å². The summed E-state index contributed by atoms with van der Waals surface area (Å²) >= 11 is 1.06. The maximum atomic E-state index is 13.7. The molecule has 0 bridgehead atoms. The molecule has 4 aromatic rings. The maximum absolute atomic E-state index is 13.7. The smallest absolute Gasteiger partial charge is 0.256 e. The number of hydrogen-bond donors (Lipinski definition) is 3. The first-order valence-electron chi connectivity index (χ1n) is 20.8. The molecule has 2 aromatic heterocycles. The standard InChI is InChI=1S/C32H35N5O2S/c1-5-15-37(6-2)16-14-33-31(39)29-20(3)27(34-21(29)4)18-25-24-17-23(12-13-26(24)35-30(25)38)28-19-40-32(36-28)22-10-8-7-9-11-22/h7-13,17-19,34H,5-6,14-16H2,1-4H3,(H,33,39)(H,35,38)/b25-18-/i2D3,5D2,6D2,7D,8D,9D,10D,11D,14D2,15D2,16D2. The van der Waals surface area contributed by atoms with E-state index >= 15 is 0 Å². The van der Waals surface area contributed by atoms with Crippen LogP contribution in [0.3, 0.4) is 0 Å². The lowest BCUT2D eigenvalue weighted by atomic mass is 10.0. The number of fused-ring (bicyclic) bond motifs is 1. The first-order valence-corrected chi connectivity index (χ1v) is 12.7. The number of aromatic nitrogens is 2. The van der Waals surface area contributed by atoms with Crippen LogP contribution in [0.15, 0.2) is 53.8 Å². The molecule has 0 saturated heterocycles. The van der Waals surface area contributed by atoms with Crippen molar-refractivity contribution in [3.63, 3.8) is 0 Å². The van der Waals surface area contributed by atoms with Crippen molar-refractivity contribution in [2.45, 2.75) is 34.0 Å². The van der Waals surface area contributed by atoms with Crippen LogP contribution in [0, 0.1) is 13.8 Å². The van der Waals surface area contributed by atoms with E-state index in [2.05, 4.69) is 15.3 Å². The first kappa shape index (κ1) is 13.1. The average Bonchev–Trinajstić information content (AvgIpc) is 3.76. The molecular weight excluding hydrogens is 518 g/mol. The van der Waals surface area contributed by atoms with Gasteiger partial charge in [-0.05, 0) is 57.0 Å². The topological polar surface area (TPSA) is 90.1 Å². The number of nitrogens with zero attached hydrogens (tertiary/aromatic N) is 2. The van der Waals surface area contributed by atoms with Gasteiger partial charge in [0.15, 0.2) is 0 Å². The van der Waals surface area contributed by atoms with Crippen LogP contribution in [0.5, 0.6) is 0 Å². The molecule has 5 rings (SSSR count). The number of hydrogen-bond acceptors (Lipinski definition) is 5. The van der Waals surface area contributed by atoms with E-state index in [0.29, 0.717) is 29.4 Å². The van der Waals surface area contributed by atoms with Gasteiger partial charge >= 0.3 is 0 Å². The van der Waals surface area contributed by atoms with Gasteiger partial charge in [-0.25, -0.2) is 4.98 Å². The number of benzene rings is 2. The minimum absolute atomic E-state index is 0.0686. The fourth-order valence-electron chi connectivity index (χ4n) is 4.17. The number of thiazole rings is 1. The lowest BCUT2D eigenvalue weighted by Crippen LogP contribution is -2.35. The van der Waals surface area contributed by atoms with E-state index in [4.69, 9.17) is 24.7 Å². The van der Waals surface area contributed by atoms with Crippen LogP contribution in [0.25, 0.3) is 33.5 Å². The SMILES string of the molecule is [2H]c1c([2H])c([2H])c(-c2nc(-c3ccc4c(c3)/C(=C/c3[nH]c(C)c(C(=O)NC([2H])([2H])C([2H])([2H])N(C([2H])([2H])C([2H])([2H])[2H])C([2H])([2H])C([2H])([2H])C)c3C)C(=O)N4)cs2)c([2H])c1[2H]. The second-order valence-electron chi connectivity index (χ2n) is 8.47. The fourth-order valence-corrected chi connectivity index (χ4v) is 4.95. The Kier molecular flexibility index (Phi) is 3.94. The van der Waals surface area contributed by atoms with Gasteiger partial charge in [0, 0.05) is 67.2 Å². The van der Waals surface area contributed by atoms with Crippen molar-refractivity contribution in [1.82, 2.24) is 20.2 Å². The van der Waals surface area contributed by atoms with Crippen molar-refractivity contribution in [2.24, 2.45) is 0 Å². The number of anilines is 1. The second-order valence-corrected chi connectivity index (χ2v) is 9.33. The number of likely N-dealkylation sites (N-methyl/N-ethyl adjacent to an activating group) is 1. The monoisotopic (exact) mass is 571 g/mol. The molecule has 0 atom stereocenters. The van der Waals surface area contributed by atoms with Gasteiger partial charge in [0.1, 0.15) is 5.01 Å². The molecule has 0 fully saturated rings. The number of aryl methyl sites for hydroxylation is 1. The van der Waals surface area contributed by atoms with Gasteiger partial charge in [0.05, 0.1) is 26.4 Å². The number of carbonyl (C=O) groups is 2. The van der Waals surface area contributed by atoms with Gasteiger partial charge in [-0.3, -0.25) is 9.59 Å². The van der Waals surface area contributed by atoms with Crippen LogP contribution in [0.1, 0.15) is 77.7 Å². The minimum Gasteiger partial charge on any atom is -0.358 e. The average molecular weight is 572 g/mol. The Labute approximate surface area is 264 Å². The molecule has 40 heavy (non-hydrogen) atoms. The zero-order chi connectivity index (χ0) is 44.0. The highest BCUT2D eigenvalue weighted by Gasteiger charge is 2.26. The summed E-state index contributed by atoms with van der Waals surface area (Å²) in [5.74, 6) is -1.84. The van der Waals surface area contributed by atoms with E-state index in [0.717, 1.165) is 11.3 Å². The number of aromatic amines is 1. The maximum Gasteiger partial charge on any atom is 0.256 e. The van der Waals surface area contributed by atoms with Crippen LogP contribution in [0.2, 0.25) is 0 Å². The molecule has 206 valence electrons. The van der Waals surface area contributed by atoms with Gasteiger partial charge in [-0.1, -0.05) is 50.1 Å². The highest BCUT2D eigenvalue weighted by Crippen LogP contribution is 2.38. The van der Waals surface area contributed by atoms with Crippen LogP contribution >= 0.6 is 11.3 Å². The summed E-state index contributed by atoms with van der Waals surface area (Å²) in [6.45, 7) is -16.0. The molecule has 1 aliphatic rings. The van der Waals surface area contributed by atoms with Gasteiger partial charge in [0.25, 0.3) is 11.8 Å². The third kappa shape index (κ3) is 5.64. The third-order valence-electron chi connectivity index (χ3n) is 5.99. The highest BCUT2D eigenvalue weighted by molar-refractivity contribution is 7.13. The Morgan fingerprint density at radius 3 is 2.83 bits per heavy atom. The number of H-pyrrole nitrogens is 1. The van der Waals surface area contributed by atoms with E-state index in [1.165, 1.54) is 19.9 Å². The summed E-state index contributed by atoms with van der Waals surface area (Å²) < 4.78 is 146. The largest absolute Gasteiger partial charge is 0.358 e. The predicted octanol–water partition coefficient (Wildman–Crippen LogP) is 6.38. The quantitative estimate of drug-likeness (QED) is 0.193.